The fraction of sp³-hybridized carbons (Fsp3) is 0.167. The number of hydrogen-bond donors (Lipinski definition) is 0. The standard InChI is InChI=1S/C12H8F3NO2/c1-18-11(17)5-3-8-2-4-10(12(13,14)15)9(6-8)7-16/h2-6H,1H3. The Hall–Kier alpha value is -2.29. The van der Waals surface area contributed by atoms with Gasteiger partial charge in [0.1, 0.15) is 0 Å². The SMILES string of the molecule is COC(=O)C=Cc1ccc(C(F)(F)F)c(C#N)c1. The monoisotopic (exact) mass is 255 g/mol. The molecule has 0 aliphatic heterocycles. The van der Waals surface area contributed by atoms with Crippen LogP contribution in [0.25, 0.3) is 6.08 Å². The Labute approximate surface area is 101 Å². The molecule has 0 fully saturated rings. The first-order valence-corrected chi connectivity index (χ1v) is 4.76. The van der Waals surface area contributed by atoms with E-state index in [-0.39, 0.29) is 0 Å². The third-order valence-corrected chi connectivity index (χ3v) is 2.08. The van der Waals surface area contributed by atoms with Crippen molar-refractivity contribution in [3.63, 3.8) is 0 Å². The summed E-state index contributed by atoms with van der Waals surface area (Å²) in [6.07, 6.45) is -2.24. The Bertz CT molecular complexity index is 527. The number of benzene rings is 1. The number of methoxy groups -OCH3 is 1. The number of esters is 1. The predicted octanol–water partition coefficient (Wildman–Crippen LogP) is 2.76. The average Bonchev–Trinajstić information content (AvgIpc) is 2.34. The van der Waals surface area contributed by atoms with Gasteiger partial charge in [-0.1, -0.05) is 6.07 Å². The van der Waals surface area contributed by atoms with Crippen LogP contribution in [-0.4, -0.2) is 13.1 Å². The van der Waals surface area contributed by atoms with E-state index in [1.807, 2.05) is 0 Å². The zero-order valence-corrected chi connectivity index (χ0v) is 9.28. The highest BCUT2D eigenvalue weighted by atomic mass is 19.4. The van der Waals surface area contributed by atoms with Gasteiger partial charge in [0.25, 0.3) is 0 Å². The quantitative estimate of drug-likeness (QED) is 0.603. The van der Waals surface area contributed by atoms with E-state index in [0.717, 1.165) is 18.2 Å². The molecule has 0 aliphatic carbocycles. The van der Waals surface area contributed by atoms with Gasteiger partial charge in [0.2, 0.25) is 0 Å². The van der Waals surface area contributed by atoms with Crippen LogP contribution in [0.3, 0.4) is 0 Å². The molecule has 0 saturated carbocycles. The van der Waals surface area contributed by atoms with Crippen molar-refractivity contribution in [2.45, 2.75) is 6.18 Å². The first-order valence-electron chi connectivity index (χ1n) is 4.76. The van der Waals surface area contributed by atoms with Crippen LogP contribution >= 0.6 is 0 Å². The van der Waals surface area contributed by atoms with Crippen LogP contribution in [0.4, 0.5) is 13.2 Å². The third kappa shape index (κ3) is 3.35. The molecule has 0 radical (unpaired) electrons. The van der Waals surface area contributed by atoms with E-state index in [4.69, 9.17) is 5.26 Å². The maximum atomic E-state index is 12.5. The largest absolute Gasteiger partial charge is 0.466 e. The van der Waals surface area contributed by atoms with Gasteiger partial charge in [0, 0.05) is 6.08 Å². The minimum absolute atomic E-state index is 0.310. The highest BCUT2D eigenvalue weighted by molar-refractivity contribution is 5.87. The summed E-state index contributed by atoms with van der Waals surface area (Å²) in [5, 5.41) is 8.66. The summed E-state index contributed by atoms with van der Waals surface area (Å²) in [5.41, 5.74) is -1.18. The van der Waals surface area contributed by atoms with E-state index in [0.29, 0.717) is 5.56 Å². The minimum Gasteiger partial charge on any atom is -0.466 e. The second-order valence-electron chi connectivity index (χ2n) is 3.27. The van der Waals surface area contributed by atoms with Gasteiger partial charge >= 0.3 is 12.1 Å². The van der Waals surface area contributed by atoms with Crippen LogP contribution in [0.1, 0.15) is 16.7 Å². The van der Waals surface area contributed by atoms with Crippen LogP contribution in [0.5, 0.6) is 0 Å². The molecule has 1 rings (SSSR count). The van der Waals surface area contributed by atoms with E-state index in [1.54, 1.807) is 0 Å². The topological polar surface area (TPSA) is 50.1 Å². The summed E-state index contributed by atoms with van der Waals surface area (Å²) < 4.78 is 41.8. The number of halogens is 3. The molecule has 0 unspecified atom stereocenters. The molecule has 0 atom stereocenters. The van der Waals surface area contributed by atoms with Crippen LogP contribution in [-0.2, 0) is 15.7 Å². The molecule has 0 bridgehead atoms. The summed E-state index contributed by atoms with van der Waals surface area (Å²) in [5.74, 6) is -0.631. The normalized spacial score (nSPS) is 11.3. The lowest BCUT2D eigenvalue weighted by Gasteiger charge is -2.08. The molecule has 94 valence electrons. The van der Waals surface area contributed by atoms with Crippen molar-refractivity contribution in [2.75, 3.05) is 7.11 Å². The smallest absolute Gasteiger partial charge is 0.417 e. The number of ether oxygens (including phenoxy) is 1. The molecule has 0 amide bonds. The number of rotatable bonds is 2. The number of nitrogens with zero attached hydrogens (tertiary/aromatic N) is 1. The fourth-order valence-electron chi connectivity index (χ4n) is 1.24. The number of alkyl halides is 3. The van der Waals surface area contributed by atoms with Gasteiger partial charge in [-0.2, -0.15) is 18.4 Å². The molecule has 6 heteroatoms. The van der Waals surface area contributed by atoms with Crippen molar-refractivity contribution in [2.24, 2.45) is 0 Å². The van der Waals surface area contributed by atoms with Crippen molar-refractivity contribution in [1.29, 1.82) is 5.26 Å². The molecule has 0 saturated heterocycles. The van der Waals surface area contributed by atoms with Gasteiger partial charge in [-0.05, 0) is 23.8 Å². The van der Waals surface area contributed by atoms with E-state index < -0.39 is 23.3 Å². The van der Waals surface area contributed by atoms with Crippen LogP contribution in [0.2, 0.25) is 0 Å². The average molecular weight is 255 g/mol. The minimum atomic E-state index is -4.57. The van der Waals surface area contributed by atoms with E-state index in [2.05, 4.69) is 4.74 Å². The maximum absolute atomic E-state index is 12.5. The third-order valence-electron chi connectivity index (χ3n) is 2.08. The molecule has 0 heterocycles. The molecule has 0 N–H and O–H groups in total. The molecule has 0 aliphatic rings. The Kier molecular flexibility index (Phi) is 4.10. The number of nitriles is 1. The Morgan fingerprint density at radius 1 is 1.44 bits per heavy atom. The van der Waals surface area contributed by atoms with Gasteiger partial charge in [-0.3, -0.25) is 0 Å². The zero-order valence-electron chi connectivity index (χ0n) is 9.28. The van der Waals surface area contributed by atoms with Crippen molar-refractivity contribution in [3.8, 4) is 6.07 Å². The molecular weight excluding hydrogens is 247 g/mol. The summed E-state index contributed by atoms with van der Waals surface area (Å²) in [4.78, 5) is 10.8. The molecule has 0 aromatic heterocycles. The Balaban J connectivity index is 3.12. The summed E-state index contributed by atoms with van der Waals surface area (Å²) >= 11 is 0. The van der Waals surface area contributed by atoms with Gasteiger partial charge in [-0.15, -0.1) is 0 Å². The van der Waals surface area contributed by atoms with Crippen molar-refractivity contribution in [1.82, 2.24) is 0 Å². The van der Waals surface area contributed by atoms with Crippen LogP contribution < -0.4 is 0 Å². The highest BCUT2D eigenvalue weighted by Gasteiger charge is 2.33. The van der Waals surface area contributed by atoms with Crippen LogP contribution in [0, 0.1) is 11.3 Å². The number of carbonyl (C=O) groups excluding carboxylic acids is 1. The molecule has 18 heavy (non-hydrogen) atoms. The van der Waals surface area contributed by atoms with Gasteiger partial charge in [0.05, 0.1) is 24.3 Å². The van der Waals surface area contributed by atoms with Gasteiger partial charge in [0.15, 0.2) is 0 Å². The van der Waals surface area contributed by atoms with Gasteiger partial charge in [-0.25, -0.2) is 4.79 Å². The molecular formula is C12H8F3NO2. The predicted molar refractivity (Wildman–Crippen MR) is 57.2 cm³/mol. The zero-order chi connectivity index (χ0) is 13.8. The lowest BCUT2D eigenvalue weighted by Crippen LogP contribution is -2.07. The van der Waals surface area contributed by atoms with Gasteiger partial charge < -0.3 is 4.74 Å². The van der Waals surface area contributed by atoms with E-state index in [1.165, 1.54) is 25.3 Å². The van der Waals surface area contributed by atoms with Crippen molar-refractivity contribution < 1.29 is 22.7 Å². The fourth-order valence-corrected chi connectivity index (χ4v) is 1.24. The molecule has 1 aromatic rings. The number of hydrogen-bond acceptors (Lipinski definition) is 3. The molecule has 3 nitrogen and oxygen atoms in total. The Morgan fingerprint density at radius 3 is 2.61 bits per heavy atom. The highest BCUT2D eigenvalue weighted by Crippen LogP contribution is 2.32. The molecule has 1 aromatic carbocycles. The van der Waals surface area contributed by atoms with Crippen molar-refractivity contribution in [3.05, 3.63) is 41.0 Å². The lowest BCUT2D eigenvalue weighted by atomic mass is 10.0. The number of carbonyl (C=O) groups is 1. The maximum Gasteiger partial charge on any atom is 0.417 e. The summed E-state index contributed by atoms with van der Waals surface area (Å²) in [7, 11) is 1.18. The Morgan fingerprint density at radius 2 is 2.11 bits per heavy atom. The first kappa shape index (κ1) is 13.8. The molecule has 0 spiro atoms. The first-order chi connectivity index (χ1) is 8.38. The van der Waals surface area contributed by atoms with E-state index >= 15 is 0 Å². The second-order valence-corrected chi connectivity index (χ2v) is 3.27. The summed E-state index contributed by atoms with van der Waals surface area (Å²) in [6.45, 7) is 0. The van der Waals surface area contributed by atoms with E-state index in [9.17, 15) is 18.0 Å². The van der Waals surface area contributed by atoms with Crippen molar-refractivity contribution >= 4 is 12.0 Å². The summed E-state index contributed by atoms with van der Waals surface area (Å²) in [6, 6.07) is 4.50. The lowest BCUT2D eigenvalue weighted by molar-refractivity contribution is -0.138. The second kappa shape index (κ2) is 5.36. The van der Waals surface area contributed by atoms with Crippen LogP contribution in [0.15, 0.2) is 24.3 Å².